The summed E-state index contributed by atoms with van der Waals surface area (Å²) >= 11 is 3.39. The minimum absolute atomic E-state index is 0.527. The molecule has 96 valence electrons. The van der Waals surface area contributed by atoms with Crippen molar-refractivity contribution in [3.8, 4) is 5.75 Å². The number of benzene rings is 1. The zero-order valence-electron chi connectivity index (χ0n) is 10.5. The summed E-state index contributed by atoms with van der Waals surface area (Å²) in [6, 6.07) is 8.11. The first-order valence-corrected chi connectivity index (χ1v) is 7.77. The summed E-state index contributed by atoms with van der Waals surface area (Å²) < 4.78 is 5.70. The smallest absolute Gasteiger partial charge is 0.131 e. The first-order chi connectivity index (χ1) is 8.81. The summed E-state index contributed by atoms with van der Waals surface area (Å²) in [5.41, 5.74) is 0.985. The Bertz CT molecular complexity index is 482. The summed E-state index contributed by atoms with van der Waals surface area (Å²) in [5, 5.41) is 6.22. The second-order valence-electron chi connectivity index (χ2n) is 3.73. The molecule has 1 aromatic heterocycles. The summed E-state index contributed by atoms with van der Waals surface area (Å²) in [5.74, 6) is 0.885. The van der Waals surface area contributed by atoms with Crippen LogP contribution in [0.3, 0.4) is 0 Å². The molecule has 0 saturated heterocycles. The van der Waals surface area contributed by atoms with Crippen molar-refractivity contribution >= 4 is 23.1 Å². The van der Waals surface area contributed by atoms with Gasteiger partial charge in [-0.1, -0.05) is 0 Å². The monoisotopic (exact) mass is 280 g/mol. The van der Waals surface area contributed by atoms with Crippen LogP contribution in [0.1, 0.15) is 10.7 Å². The van der Waals surface area contributed by atoms with E-state index in [0.717, 1.165) is 23.0 Å². The van der Waals surface area contributed by atoms with Crippen LogP contribution in [0.4, 0.5) is 0 Å². The van der Waals surface area contributed by atoms with E-state index >= 15 is 0 Å². The van der Waals surface area contributed by atoms with E-state index in [1.807, 2.05) is 24.6 Å². The third kappa shape index (κ3) is 3.73. The first-order valence-electron chi connectivity index (χ1n) is 5.66. The van der Waals surface area contributed by atoms with E-state index in [2.05, 4.69) is 28.7 Å². The van der Waals surface area contributed by atoms with Gasteiger partial charge in [0.25, 0.3) is 0 Å². The highest BCUT2D eigenvalue weighted by Gasteiger charge is 2.02. The Morgan fingerprint density at radius 2 is 2.11 bits per heavy atom. The lowest BCUT2D eigenvalue weighted by molar-refractivity contribution is 0.301. The number of hydrogen-bond donors (Lipinski definition) is 1. The highest BCUT2D eigenvalue weighted by Crippen LogP contribution is 2.20. The van der Waals surface area contributed by atoms with Crippen LogP contribution in [0.25, 0.3) is 0 Å². The molecule has 0 spiro atoms. The molecule has 1 heterocycles. The molecule has 0 aliphatic heterocycles. The quantitative estimate of drug-likeness (QED) is 0.824. The summed E-state index contributed by atoms with van der Waals surface area (Å²) in [4.78, 5) is 5.72. The third-order valence-electron chi connectivity index (χ3n) is 2.37. The number of ether oxygens (including phenoxy) is 1. The molecule has 5 heteroatoms. The molecule has 0 saturated carbocycles. The standard InChI is InChI=1S/C13H16N2OS2/c1-14-7-13-15-10(9-18-13)8-16-11-3-5-12(17-2)6-4-11/h3-6,9,14H,7-8H2,1-2H3. The minimum Gasteiger partial charge on any atom is -0.487 e. The maximum atomic E-state index is 5.70. The fraction of sp³-hybridized carbons (Fsp3) is 0.308. The van der Waals surface area contributed by atoms with Crippen LogP contribution in [-0.2, 0) is 13.2 Å². The average molecular weight is 280 g/mol. The van der Waals surface area contributed by atoms with Crippen LogP contribution in [0.2, 0.25) is 0 Å². The molecule has 0 fully saturated rings. The molecule has 2 rings (SSSR count). The van der Waals surface area contributed by atoms with Crippen LogP contribution in [0.15, 0.2) is 34.5 Å². The third-order valence-corrected chi connectivity index (χ3v) is 4.01. The molecule has 0 aliphatic rings. The number of thioether (sulfide) groups is 1. The van der Waals surface area contributed by atoms with Gasteiger partial charge in [0.05, 0.1) is 5.69 Å². The number of thiazole rings is 1. The van der Waals surface area contributed by atoms with Crippen molar-refractivity contribution in [2.75, 3.05) is 13.3 Å². The lowest BCUT2D eigenvalue weighted by atomic mass is 10.3. The molecule has 0 unspecified atom stereocenters. The van der Waals surface area contributed by atoms with Gasteiger partial charge in [-0.3, -0.25) is 0 Å². The van der Waals surface area contributed by atoms with Crippen LogP contribution in [0, 0.1) is 0 Å². The predicted octanol–water partition coefficient (Wildman–Crippen LogP) is 3.16. The molecule has 0 aliphatic carbocycles. The van der Waals surface area contributed by atoms with Crippen molar-refractivity contribution in [3.63, 3.8) is 0 Å². The molecule has 0 bridgehead atoms. The van der Waals surface area contributed by atoms with Gasteiger partial charge in [0.1, 0.15) is 17.4 Å². The zero-order valence-corrected chi connectivity index (χ0v) is 12.1. The number of aromatic nitrogens is 1. The van der Waals surface area contributed by atoms with E-state index in [1.165, 1.54) is 4.90 Å². The maximum absolute atomic E-state index is 5.70. The number of hydrogen-bond acceptors (Lipinski definition) is 5. The van der Waals surface area contributed by atoms with E-state index in [0.29, 0.717) is 6.61 Å². The first kappa shape index (κ1) is 13.4. The van der Waals surface area contributed by atoms with Crippen molar-refractivity contribution in [3.05, 3.63) is 40.3 Å². The van der Waals surface area contributed by atoms with E-state index < -0.39 is 0 Å². The molecule has 2 aromatic rings. The molecule has 1 aromatic carbocycles. The molecule has 0 amide bonds. The topological polar surface area (TPSA) is 34.2 Å². The van der Waals surface area contributed by atoms with E-state index in [1.54, 1.807) is 23.1 Å². The number of nitrogens with zero attached hydrogens (tertiary/aromatic N) is 1. The summed E-state index contributed by atoms with van der Waals surface area (Å²) in [6.07, 6.45) is 2.06. The van der Waals surface area contributed by atoms with E-state index in [4.69, 9.17) is 4.74 Å². The van der Waals surface area contributed by atoms with Gasteiger partial charge in [-0.15, -0.1) is 23.1 Å². The van der Waals surface area contributed by atoms with E-state index in [9.17, 15) is 0 Å². The fourth-order valence-electron chi connectivity index (χ4n) is 1.48. The summed E-state index contributed by atoms with van der Waals surface area (Å²) in [6.45, 7) is 1.34. The van der Waals surface area contributed by atoms with Gasteiger partial charge in [0, 0.05) is 16.8 Å². The predicted molar refractivity (Wildman–Crippen MR) is 77.4 cm³/mol. The molecule has 0 atom stereocenters. The normalized spacial score (nSPS) is 10.6. The fourth-order valence-corrected chi connectivity index (χ4v) is 2.68. The number of rotatable bonds is 6. The van der Waals surface area contributed by atoms with Gasteiger partial charge in [-0.2, -0.15) is 0 Å². The Kier molecular flexibility index (Phi) is 5.04. The van der Waals surface area contributed by atoms with Crippen LogP contribution in [0.5, 0.6) is 5.75 Å². The largest absolute Gasteiger partial charge is 0.487 e. The Morgan fingerprint density at radius 1 is 1.33 bits per heavy atom. The molecule has 1 N–H and O–H groups in total. The molecular formula is C13H16N2OS2. The Labute approximate surface area is 116 Å². The second kappa shape index (κ2) is 6.78. The van der Waals surface area contributed by atoms with Gasteiger partial charge in [0.2, 0.25) is 0 Å². The van der Waals surface area contributed by atoms with Crippen molar-refractivity contribution in [2.45, 2.75) is 18.0 Å². The van der Waals surface area contributed by atoms with Crippen LogP contribution in [-0.4, -0.2) is 18.3 Å². The maximum Gasteiger partial charge on any atom is 0.131 e. The zero-order chi connectivity index (χ0) is 12.8. The summed E-state index contributed by atoms with van der Waals surface area (Å²) in [7, 11) is 1.92. The molecule has 3 nitrogen and oxygen atoms in total. The van der Waals surface area contributed by atoms with Crippen LogP contribution >= 0.6 is 23.1 Å². The lowest BCUT2D eigenvalue weighted by Gasteiger charge is -2.04. The SMILES string of the molecule is CNCc1nc(COc2ccc(SC)cc2)cs1. The number of nitrogens with one attached hydrogen (secondary N) is 1. The highest BCUT2D eigenvalue weighted by atomic mass is 32.2. The molecular weight excluding hydrogens is 264 g/mol. The molecule has 18 heavy (non-hydrogen) atoms. The second-order valence-corrected chi connectivity index (χ2v) is 5.55. The lowest BCUT2D eigenvalue weighted by Crippen LogP contribution is -2.05. The highest BCUT2D eigenvalue weighted by molar-refractivity contribution is 7.98. The Morgan fingerprint density at radius 3 is 2.78 bits per heavy atom. The van der Waals surface area contributed by atoms with E-state index in [-0.39, 0.29) is 0 Å². The average Bonchev–Trinajstić information content (AvgIpc) is 2.85. The van der Waals surface area contributed by atoms with Gasteiger partial charge in [0.15, 0.2) is 0 Å². The van der Waals surface area contributed by atoms with Crippen molar-refractivity contribution in [1.29, 1.82) is 0 Å². The van der Waals surface area contributed by atoms with Crippen molar-refractivity contribution in [2.24, 2.45) is 0 Å². The van der Waals surface area contributed by atoms with Crippen molar-refractivity contribution < 1.29 is 4.74 Å². The van der Waals surface area contributed by atoms with Gasteiger partial charge in [-0.25, -0.2) is 4.98 Å². The molecule has 0 radical (unpaired) electrons. The van der Waals surface area contributed by atoms with Crippen molar-refractivity contribution in [1.82, 2.24) is 10.3 Å². The Hall–Kier alpha value is -1.04. The van der Waals surface area contributed by atoms with Gasteiger partial charge >= 0.3 is 0 Å². The van der Waals surface area contributed by atoms with Gasteiger partial charge < -0.3 is 10.1 Å². The minimum atomic E-state index is 0.527. The van der Waals surface area contributed by atoms with Crippen LogP contribution < -0.4 is 10.1 Å². The Balaban J connectivity index is 1.89. The van der Waals surface area contributed by atoms with Gasteiger partial charge in [-0.05, 0) is 37.6 Å².